The molecule has 0 fully saturated rings. The molecule has 0 saturated carbocycles. The fourth-order valence-corrected chi connectivity index (χ4v) is 3.70. The first-order valence-electron chi connectivity index (χ1n) is 5.15. The fourth-order valence-electron chi connectivity index (χ4n) is 2.60. The van der Waals surface area contributed by atoms with Crippen molar-refractivity contribution in [2.24, 2.45) is 5.92 Å². The minimum Gasteiger partial charge on any atom is -0.249 e. The van der Waals surface area contributed by atoms with Crippen molar-refractivity contribution in [1.29, 1.82) is 0 Å². The third-order valence-electron chi connectivity index (χ3n) is 3.21. The molecule has 0 nitrogen and oxygen atoms in total. The van der Waals surface area contributed by atoms with E-state index in [-0.39, 0.29) is 21.7 Å². The Morgan fingerprint density at radius 1 is 1.38 bits per heavy atom. The second kappa shape index (κ2) is 4.77. The minimum atomic E-state index is 0. The van der Waals surface area contributed by atoms with Crippen LogP contribution in [0.4, 0.5) is 0 Å². The Balaban J connectivity index is 0.000000845. The number of rotatable bonds is 1. The molecule has 0 amide bonds. The molecule has 70 valence electrons. The van der Waals surface area contributed by atoms with E-state index in [1.807, 2.05) is 0 Å². The van der Waals surface area contributed by atoms with E-state index in [1.165, 1.54) is 47.5 Å². The van der Waals surface area contributed by atoms with Crippen molar-refractivity contribution in [3.05, 3.63) is 22.8 Å². The van der Waals surface area contributed by atoms with Crippen LogP contribution in [0, 0.1) is 12.0 Å². The molecule has 1 unspecified atom stereocenters. The first-order chi connectivity index (χ1) is 5.83. The predicted octanol–water partition coefficient (Wildman–Crippen LogP) is 2.02. The van der Waals surface area contributed by atoms with E-state index in [4.69, 9.17) is 0 Å². The third kappa shape index (κ3) is 2.08. The van der Waals surface area contributed by atoms with Gasteiger partial charge in [-0.2, -0.15) is 5.57 Å². The van der Waals surface area contributed by atoms with Gasteiger partial charge in [-0.25, -0.2) is 17.2 Å². The Hall–Kier alpha value is 0.411. The molecule has 0 radical (unpaired) electrons. The van der Waals surface area contributed by atoms with Gasteiger partial charge < -0.3 is 0 Å². The number of hydrogen-bond acceptors (Lipinski definition) is 0. The van der Waals surface area contributed by atoms with Crippen LogP contribution in [0.25, 0.3) is 0 Å². The summed E-state index contributed by atoms with van der Waals surface area (Å²) in [7, 11) is 1.34. The molecule has 2 heteroatoms. The van der Waals surface area contributed by atoms with E-state index in [2.05, 4.69) is 13.0 Å². The molecule has 2 rings (SSSR count). The van der Waals surface area contributed by atoms with Gasteiger partial charge in [0.2, 0.25) is 0 Å². The maximum Gasteiger partial charge on any atom is 0.00199 e. The molecular formula is C11H17SiTi-. The molecule has 2 aliphatic rings. The van der Waals surface area contributed by atoms with Crippen LogP contribution in [0.2, 0.25) is 6.04 Å². The zero-order valence-corrected chi connectivity index (χ0v) is 12.2. The van der Waals surface area contributed by atoms with Crippen LogP contribution in [-0.4, -0.2) is 10.2 Å². The van der Waals surface area contributed by atoms with Crippen molar-refractivity contribution in [3.8, 4) is 0 Å². The van der Waals surface area contributed by atoms with Crippen molar-refractivity contribution in [1.82, 2.24) is 0 Å². The van der Waals surface area contributed by atoms with E-state index in [1.54, 1.807) is 11.1 Å². The van der Waals surface area contributed by atoms with Gasteiger partial charge in [0.25, 0.3) is 0 Å². The molecule has 0 aliphatic heterocycles. The van der Waals surface area contributed by atoms with E-state index < -0.39 is 0 Å². The van der Waals surface area contributed by atoms with Crippen molar-refractivity contribution >= 4 is 10.2 Å². The predicted molar refractivity (Wildman–Crippen MR) is 56.2 cm³/mol. The van der Waals surface area contributed by atoms with Crippen molar-refractivity contribution < 1.29 is 21.7 Å². The van der Waals surface area contributed by atoms with Crippen molar-refractivity contribution in [2.75, 3.05) is 0 Å². The Kier molecular flexibility index (Phi) is 4.21. The van der Waals surface area contributed by atoms with Crippen LogP contribution in [0.1, 0.15) is 32.6 Å². The Morgan fingerprint density at radius 3 is 2.77 bits per heavy atom. The second-order valence-electron chi connectivity index (χ2n) is 3.98. The summed E-state index contributed by atoms with van der Waals surface area (Å²) in [6.45, 7) is 2.26. The third-order valence-corrected chi connectivity index (χ3v) is 4.03. The zero-order chi connectivity index (χ0) is 8.55. The van der Waals surface area contributed by atoms with Gasteiger partial charge in [-0.1, -0.05) is 44.6 Å². The van der Waals surface area contributed by atoms with Gasteiger partial charge in [-0.15, -0.1) is 0 Å². The summed E-state index contributed by atoms with van der Waals surface area (Å²) in [6.07, 6.45) is 9.07. The molecular weight excluding hydrogens is 208 g/mol. The summed E-state index contributed by atoms with van der Waals surface area (Å²) in [5.74, 6) is 0.826. The first-order valence-corrected chi connectivity index (χ1v) is 6.56. The molecule has 0 aromatic rings. The van der Waals surface area contributed by atoms with Crippen LogP contribution in [0.15, 0.2) is 16.7 Å². The normalized spacial score (nSPS) is 26.8. The van der Waals surface area contributed by atoms with Gasteiger partial charge >= 0.3 is 0 Å². The largest absolute Gasteiger partial charge is 0.249 e. The van der Waals surface area contributed by atoms with Crippen LogP contribution in [0.3, 0.4) is 0 Å². The first kappa shape index (κ1) is 11.5. The molecule has 0 aromatic heterocycles. The van der Waals surface area contributed by atoms with Crippen LogP contribution < -0.4 is 0 Å². The van der Waals surface area contributed by atoms with E-state index in [0.29, 0.717) is 0 Å². The second-order valence-corrected chi connectivity index (χ2v) is 4.80. The summed E-state index contributed by atoms with van der Waals surface area (Å²) >= 11 is 0. The van der Waals surface area contributed by atoms with Gasteiger partial charge in [0.05, 0.1) is 0 Å². The smallest absolute Gasteiger partial charge is 0.00199 e. The molecule has 0 saturated heterocycles. The fraction of sp³-hybridized carbons (Fsp3) is 0.636. The van der Waals surface area contributed by atoms with E-state index >= 15 is 0 Å². The average molecular weight is 225 g/mol. The van der Waals surface area contributed by atoms with Crippen LogP contribution >= 0.6 is 0 Å². The molecule has 0 heterocycles. The Labute approximate surface area is 99.2 Å². The Morgan fingerprint density at radius 2 is 2.08 bits per heavy atom. The molecule has 0 spiro atoms. The molecule has 13 heavy (non-hydrogen) atoms. The maximum atomic E-state index is 3.58. The van der Waals surface area contributed by atoms with Crippen LogP contribution in [0.5, 0.6) is 0 Å². The molecule has 1 atom stereocenters. The van der Waals surface area contributed by atoms with E-state index in [9.17, 15) is 0 Å². The summed E-state index contributed by atoms with van der Waals surface area (Å²) in [5, 5.41) is 0. The van der Waals surface area contributed by atoms with Crippen molar-refractivity contribution in [2.45, 2.75) is 38.7 Å². The van der Waals surface area contributed by atoms with Gasteiger partial charge in [0, 0.05) is 32.0 Å². The Bertz CT molecular complexity index is 253. The topological polar surface area (TPSA) is 0 Å². The standard InChI is InChI=1S/C11H17Si.Ti/c1-8-6-9-4-2-3-5-10(9)11(8)7-12;/h11H,2-5,7H2,1,12H3;/q-1;. The SMILES string of the molecule is CC1=[C-]C2=C(CCCC2)C1C[SiH3].[Ti]. The average Bonchev–Trinajstić information content (AvgIpc) is 2.40. The molecule has 0 aromatic carbocycles. The summed E-state index contributed by atoms with van der Waals surface area (Å²) < 4.78 is 0. The summed E-state index contributed by atoms with van der Waals surface area (Å²) in [5.41, 5.74) is 4.87. The van der Waals surface area contributed by atoms with Crippen LogP contribution in [-0.2, 0) is 21.7 Å². The maximum absolute atomic E-state index is 3.58. The van der Waals surface area contributed by atoms with Gasteiger partial charge in [-0.05, 0) is 0 Å². The zero-order valence-electron chi connectivity index (χ0n) is 8.61. The van der Waals surface area contributed by atoms with Gasteiger partial charge in [-0.3, -0.25) is 0 Å². The molecule has 0 N–H and O–H groups in total. The van der Waals surface area contributed by atoms with Crippen molar-refractivity contribution in [3.63, 3.8) is 0 Å². The molecule has 0 bridgehead atoms. The van der Waals surface area contributed by atoms with Gasteiger partial charge in [0.15, 0.2) is 0 Å². The minimum absolute atomic E-state index is 0. The monoisotopic (exact) mass is 225 g/mol. The number of hydrogen-bond donors (Lipinski definition) is 0. The summed E-state index contributed by atoms with van der Waals surface area (Å²) in [4.78, 5) is 0. The summed E-state index contributed by atoms with van der Waals surface area (Å²) in [6, 6.07) is 1.41. The quantitative estimate of drug-likeness (QED) is 0.473. The molecule has 2 aliphatic carbocycles. The number of allylic oxidation sites excluding steroid dienone is 4. The van der Waals surface area contributed by atoms with Gasteiger partial charge in [0.1, 0.15) is 0 Å². The van der Waals surface area contributed by atoms with E-state index in [0.717, 1.165) is 5.92 Å².